The number of rotatable bonds is 4. The van der Waals surface area contributed by atoms with E-state index in [0.717, 1.165) is 11.0 Å². The maximum atomic E-state index is 12.3. The molecule has 7 nitrogen and oxygen atoms in total. The van der Waals surface area contributed by atoms with Crippen LogP contribution in [0.15, 0.2) is 47.4 Å². The zero-order chi connectivity index (χ0) is 16.4. The van der Waals surface area contributed by atoms with Crippen molar-refractivity contribution >= 4 is 40.3 Å². The first-order chi connectivity index (χ1) is 11.1. The van der Waals surface area contributed by atoms with Gasteiger partial charge in [0.25, 0.3) is 11.6 Å². The number of benzene rings is 2. The molecular weight excluding hydrogens is 316 g/mol. The van der Waals surface area contributed by atoms with Crippen molar-refractivity contribution in [3.05, 3.63) is 58.1 Å². The molecule has 0 aliphatic rings. The van der Waals surface area contributed by atoms with Gasteiger partial charge in [-0.2, -0.15) is 0 Å². The summed E-state index contributed by atoms with van der Waals surface area (Å²) in [6, 6.07) is 11.8. The second-order valence-electron chi connectivity index (χ2n) is 4.70. The van der Waals surface area contributed by atoms with Crippen LogP contribution < -0.4 is 5.32 Å². The Morgan fingerprint density at radius 1 is 1.30 bits per heavy atom. The van der Waals surface area contributed by atoms with Crippen LogP contribution in [0.25, 0.3) is 11.0 Å². The number of hydrogen-bond donors (Lipinski definition) is 2. The van der Waals surface area contributed by atoms with Gasteiger partial charge in [0.15, 0.2) is 0 Å². The molecule has 0 spiro atoms. The number of fused-ring (bicyclic) bond motifs is 1. The number of nitrogens with zero attached hydrogens (tertiary/aromatic N) is 2. The monoisotopic (exact) mass is 328 g/mol. The number of H-pyrrole nitrogens is 1. The van der Waals surface area contributed by atoms with Gasteiger partial charge in [-0.1, -0.05) is 12.1 Å². The number of nitro benzene ring substituents is 1. The van der Waals surface area contributed by atoms with Crippen LogP contribution in [-0.4, -0.2) is 27.1 Å². The number of para-hydroxylation sites is 2. The van der Waals surface area contributed by atoms with Crippen LogP contribution in [0.3, 0.4) is 0 Å². The van der Waals surface area contributed by atoms with Crippen molar-refractivity contribution in [3.63, 3.8) is 0 Å². The first-order valence-corrected chi connectivity index (χ1v) is 7.89. The van der Waals surface area contributed by atoms with Gasteiger partial charge in [-0.15, -0.1) is 11.8 Å². The average Bonchev–Trinajstić information content (AvgIpc) is 2.96. The van der Waals surface area contributed by atoms with Gasteiger partial charge >= 0.3 is 0 Å². The van der Waals surface area contributed by atoms with Crippen LogP contribution in [0, 0.1) is 10.1 Å². The summed E-state index contributed by atoms with van der Waals surface area (Å²) in [6.07, 6.45) is 1.75. The lowest BCUT2D eigenvalue weighted by Gasteiger charge is -2.04. The normalized spacial score (nSPS) is 10.7. The van der Waals surface area contributed by atoms with Gasteiger partial charge < -0.3 is 4.98 Å². The van der Waals surface area contributed by atoms with E-state index in [0.29, 0.717) is 10.8 Å². The van der Waals surface area contributed by atoms with E-state index in [2.05, 4.69) is 15.3 Å². The van der Waals surface area contributed by atoms with Gasteiger partial charge in [0.1, 0.15) is 0 Å². The Balaban J connectivity index is 1.88. The van der Waals surface area contributed by atoms with Gasteiger partial charge in [-0.3, -0.25) is 20.2 Å². The number of hydrogen-bond acceptors (Lipinski definition) is 5. The van der Waals surface area contributed by atoms with Gasteiger partial charge in [0.05, 0.1) is 20.9 Å². The number of aromatic amines is 1. The molecule has 2 aromatic carbocycles. The number of thioether (sulfide) groups is 1. The molecule has 116 valence electrons. The summed E-state index contributed by atoms with van der Waals surface area (Å²) in [7, 11) is 0. The smallest absolute Gasteiger partial charge is 0.283 e. The minimum Gasteiger partial charge on any atom is -0.324 e. The van der Waals surface area contributed by atoms with Crippen molar-refractivity contribution in [1.29, 1.82) is 0 Å². The van der Waals surface area contributed by atoms with E-state index in [9.17, 15) is 14.9 Å². The molecule has 0 bridgehead atoms. The molecule has 1 amide bonds. The van der Waals surface area contributed by atoms with Crippen LogP contribution in [-0.2, 0) is 0 Å². The lowest BCUT2D eigenvalue weighted by atomic mass is 10.2. The van der Waals surface area contributed by atoms with Crippen molar-refractivity contribution in [2.75, 3.05) is 11.6 Å². The molecule has 1 heterocycles. The molecule has 8 heteroatoms. The molecule has 23 heavy (non-hydrogen) atoms. The van der Waals surface area contributed by atoms with Crippen LogP contribution in [0.5, 0.6) is 0 Å². The molecule has 3 rings (SSSR count). The fourth-order valence-corrected chi connectivity index (χ4v) is 2.71. The third kappa shape index (κ3) is 3.02. The Hall–Kier alpha value is -2.87. The second kappa shape index (κ2) is 6.09. The molecule has 0 saturated heterocycles. The number of amides is 1. The van der Waals surface area contributed by atoms with Crippen molar-refractivity contribution in [1.82, 2.24) is 9.97 Å². The average molecular weight is 328 g/mol. The Morgan fingerprint density at radius 3 is 2.78 bits per heavy atom. The van der Waals surface area contributed by atoms with Crippen LogP contribution in [0.4, 0.5) is 11.6 Å². The molecule has 0 radical (unpaired) electrons. The summed E-state index contributed by atoms with van der Waals surface area (Å²) in [6.45, 7) is 0. The fraction of sp³-hybridized carbons (Fsp3) is 0.0667. The summed E-state index contributed by atoms with van der Waals surface area (Å²) in [5, 5.41) is 13.7. The second-order valence-corrected chi connectivity index (χ2v) is 5.55. The summed E-state index contributed by atoms with van der Waals surface area (Å²) < 4.78 is 0. The van der Waals surface area contributed by atoms with E-state index >= 15 is 0 Å². The standard InChI is InChI=1S/C15H12N4O3S/c1-23-13-7-6-9(8-12(13)19(21)22)14(20)18-15-16-10-4-2-3-5-11(10)17-15/h2-8H,1H3,(H2,16,17,18,20). The number of nitro groups is 1. The third-order valence-corrected chi connectivity index (χ3v) is 4.04. The highest BCUT2D eigenvalue weighted by molar-refractivity contribution is 7.98. The first kappa shape index (κ1) is 15.0. The Bertz CT molecular complexity index is 874. The van der Waals surface area contributed by atoms with Crippen LogP contribution in [0.1, 0.15) is 10.4 Å². The molecular formula is C15H12N4O3S. The van der Waals surface area contributed by atoms with Gasteiger partial charge in [-0.25, -0.2) is 4.98 Å². The zero-order valence-electron chi connectivity index (χ0n) is 12.1. The van der Waals surface area contributed by atoms with Gasteiger partial charge in [-0.05, 0) is 30.5 Å². The predicted octanol–water partition coefficient (Wildman–Crippen LogP) is 3.45. The Labute approximate surface area is 135 Å². The minimum atomic E-state index is -0.496. The van der Waals surface area contributed by atoms with E-state index < -0.39 is 10.8 Å². The molecule has 0 saturated carbocycles. The number of imidazole rings is 1. The molecule has 0 atom stereocenters. The van der Waals surface area contributed by atoms with E-state index in [-0.39, 0.29) is 11.3 Å². The number of nitrogens with one attached hydrogen (secondary N) is 2. The molecule has 0 aliphatic carbocycles. The highest BCUT2D eigenvalue weighted by Crippen LogP contribution is 2.28. The maximum Gasteiger partial charge on any atom is 0.283 e. The van der Waals surface area contributed by atoms with Crippen molar-refractivity contribution in [2.24, 2.45) is 0 Å². The molecule has 3 aromatic rings. The van der Waals surface area contributed by atoms with E-state index in [1.807, 2.05) is 24.3 Å². The summed E-state index contributed by atoms with van der Waals surface area (Å²) in [5.74, 6) is -0.160. The predicted molar refractivity (Wildman–Crippen MR) is 88.9 cm³/mol. The SMILES string of the molecule is CSc1ccc(C(=O)Nc2nc3ccccc3[nH]2)cc1[N+](=O)[O-]. The van der Waals surface area contributed by atoms with Crippen molar-refractivity contribution in [3.8, 4) is 0 Å². The molecule has 1 aromatic heterocycles. The molecule has 0 fully saturated rings. The highest BCUT2D eigenvalue weighted by atomic mass is 32.2. The van der Waals surface area contributed by atoms with E-state index in [4.69, 9.17) is 0 Å². The van der Waals surface area contributed by atoms with Gasteiger partial charge in [0, 0.05) is 11.6 Å². The molecule has 0 unspecified atom stereocenters. The fourth-order valence-electron chi connectivity index (χ4n) is 2.17. The number of aromatic nitrogens is 2. The van der Waals surface area contributed by atoms with Crippen LogP contribution >= 0.6 is 11.8 Å². The lowest BCUT2D eigenvalue weighted by Crippen LogP contribution is -2.13. The van der Waals surface area contributed by atoms with Crippen molar-refractivity contribution in [2.45, 2.75) is 4.90 Å². The molecule has 2 N–H and O–H groups in total. The lowest BCUT2D eigenvalue weighted by molar-refractivity contribution is -0.387. The minimum absolute atomic E-state index is 0.0882. The summed E-state index contributed by atoms with van der Waals surface area (Å²) in [5.41, 5.74) is 1.64. The topological polar surface area (TPSA) is 101 Å². The zero-order valence-corrected chi connectivity index (χ0v) is 12.9. The number of carbonyl (C=O) groups is 1. The summed E-state index contributed by atoms with van der Waals surface area (Å²) >= 11 is 1.26. The van der Waals surface area contributed by atoms with Crippen molar-refractivity contribution < 1.29 is 9.72 Å². The Kier molecular flexibility index (Phi) is 3.98. The molecule has 0 aliphatic heterocycles. The van der Waals surface area contributed by atoms with Gasteiger partial charge in [0.2, 0.25) is 5.95 Å². The number of carbonyl (C=O) groups excluding carboxylic acids is 1. The van der Waals surface area contributed by atoms with E-state index in [1.165, 1.54) is 17.8 Å². The summed E-state index contributed by atoms with van der Waals surface area (Å²) in [4.78, 5) is 30.6. The van der Waals surface area contributed by atoms with Crippen LogP contribution in [0.2, 0.25) is 0 Å². The first-order valence-electron chi connectivity index (χ1n) is 6.67. The largest absolute Gasteiger partial charge is 0.324 e. The Morgan fingerprint density at radius 2 is 2.09 bits per heavy atom. The van der Waals surface area contributed by atoms with E-state index in [1.54, 1.807) is 18.4 Å². The number of anilines is 1. The maximum absolute atomic E-state index is 12.3. The third-order valence-electron chi connectivity index (χ3n) is 3.26. The quantitative estimate of drug-likeness (QED) is 0.434. The highest BCUT2D eigenvalue weighted by Gasteiger charge is 2.17.